The van der Waals surface area contributed by atoms with Crippen LogP contribution < -0.4 is 0 Å². The van der Waals surface area contributed by atoms with Gasteiger partial charge in [0.25, 0.3) is 5.69 Å². The summed E-state index contributed by atoms with van der Waals surface area (Å²) in [4.78, 5) is 30.0. The molecule has 0 aliphatic rings. The molecule has 2 aromatic carbocycles. The number of methoxy groups -OCH3 is 1. The molecule has 0 saturated carbocycles. The third-order valence-corrected chi connectivity index (χ3v) is 3.77. The van der Waals surface area contributed by atoms with Gasteiger partial charge in [-0.2, -0.15) is 0 Å². The van der Waals surface area contributed by atoms with E-state index < -0.39 is 16.8 Å². The summed E-state index contributed by atoms with van der Waals surface area (Å²) in [7, 11) is 1.30. The average molecular weight is 393 g/mol. The molecule has 3 aromatic rings. The van der Waals surface area contributed by atoms with Crippen molar-refractivity contribution in [3.63, 3.8) is 0 Å². The highest BCUT2D eigenvalue weighted by Gasteiger charge is 2.09. The largest absolute Gasteiger partial charge is 0.479 e. The molecule has 0 saturated heterocycles. The number of carbonyl (C=O) groups is 1. The minimum absolute atomic E-state index is 0.0339. The number of nitro benzene ring substituents is 1. The minimum Gasteiger partial charge on any atom is -0.479 e. The number of hydrogen-bond donors (Lipinski definition) is 1. The fraction of sp³-hybridized carbons (Fsp3) is 0.0500. The predicted octanol–water partition coefficient (Wildman–Crippen LogP) is 4.00. The van der Waals surface area contributed by atoms with Crippen LogP contribution >= 0.6 is 0 Å². The lowest BCUT2D eigenvalue weighted by Gasteiger charge is -1.98. The average Bonchev–Trinajstić information content (AvgIpc) is 3.10. The number of esters is 1. The van der Waals surface area contributed by atoms with Crippen LogP contribution in [0.1, 0.15) is 27.5 Å². The number of rotatable bonds is 6. The summed E-state index contributed by atoms with van der Waals surface area (Å²) in [6, 6.07) is 12.4. The first-order valence-electron chi connectivity index (χ1n) is 8.31. The zero-order valence-corrected chi connectivity index (χ0v) is 15.2. The number of hydrogen-bond acceptors (Lipinski definition) is 8. The van der Waals surface area contributed by atoms with Crippen LogP contribution in [0.15, 0.2) is 57.9 Å². The summed E-state index contributed by atoms with van der Waals surface area (Å²) in [5.41, 5.74) is 1.59. The second-order valence-corrected chi connectivity index (χ2v) is 5.72. The molecule has 0 aliphatic heterocycles. The van der Waals surface area contributed by atoms with Crippen LogP contribution in [0.4, 0.5) is 11.4 Å². The van der Waals surface area contributed by atoms with Crippen molar-refractivity contribution in [3.8, 4) is 5.95 Å². The van der Waals surface area contributed by atoms with Crippen molar-refractivity contribution in [1.29, 1.82) is 0 Å². The first-order chi connectivity index (χ1) is 14.0. The Labute approximate surface area is 164 Å². The molecule has 146 valence electrons. The number of aromatic nitrogens is 1. The molecule has 9 nitrogen and oxygen atoms in total. The monoisotopic (exact) mass is 393 g/mol. The number of nitro groups is 1. The van der Waals surface area contributed by atoms with Gasteiger partial charge in [-0.1, -0.05) is 12.1 Å². The van der Waals surface area contributed by atoms with Gasteiger partial charge in [0.05, 0.1) is 29.5 Å². The molecule has 1 heterocycles. The molecule has 0 spiro atoms. The zero-order chi connectivity index (χ0) is 20.8. The van der Waals surface area contributed by atoms with E-state index in [-0.39, 0.29) is 17.3 Å². The highest BCUT2D eigenvalue weighted by atomic mass is 16.6. The Kier molecular flexibility index (Phi) is 5.79. The van der Waals surface area contributed by atoms with Gasteiger partial charge in [-0.05, 0) is 35.9 Å². The summed E-state index contributed by atoms with van der Waals surface area (Å²) in [5.74, 6) is -0.759. The van der Waals surface area contributed by atoms with Gasteiger partial charge in [0.2, 0.25) is 5.89 Å². The van der Waals surface area contributed by atoms with Gasteiger partial charge in [-0.3, -0.25) is 15.1 Å². The summed E-state index contributed by atoms with van der Waals surface area (Å²) < 4.78 is 9.76. The van der Waals surface area contributed by atoms with E-state index in [9.17, 15) is 20.0 Å². The van der Waals surface area contributed by atoms with E-state index in [4.69, 9.17) is 4.42 Å². The van der Waals surface area contributed by atoms with Gasteiger partial charge in [0.15, 0.2) is 5.69 Å². The molecular weight excluding hydrogens is 378 g/mol. The van der Waals surface area contributed by atoms with Gasteiger partial charge < -0.3 is 14.3 Å². The Morgan fingerprint density at radius 3 is 2.69 bits per heavy atom. The van der Waals surface area contributed by atoms with E-state index in [2.05, 4.69) is 14.7 Å². The van der Waals surface area contributed by atoms with Gasteiger partial charge in [0.1, 0.15) is 0 Å². The topological polar surface area (TPSA) is 128 Å². The van der Waals surface area contributed by atoms with Crippen LogP contribution in [0.2, 0.25) is 0 Å². The lowest BCUT2D eigenvalue weighted by atomic mass is 10.2. The van der Waals surface area contributed by atoms with E-state index in [1.807, 2.05) is 0 Å². The van der Waals surface area contributed by atoms with Gasteiger partial charge >= 0.3 is 11.9 Å². The van der Waals surface area contributed by atoms with Crippen molar-refractivity contribution >= 4 is 35.7 Å². The highest BCUT2D eigenvalue weighted by Crippen LogP contribution is 2.21. The molecule has 0 fully saturated rings. The van der Waals surface area contributed by atoms with Gasteiger partial charge in [0, 0.05) is 18.2 Å². The Morgan fingerprint density at radius 1 is 1.24 bits per heavy atom. The Morgan fingerprint density at radius 2 is 2.00 bits per heavy atom. The first-order valence-corrected chi connectivity index (χ1v) is 8.31. The smallest absolute Gasteiger partial charge is 0.337 e. The number of ether oxygens (including phenoxy) is 1. The maximum absolute atomic E-state index is 11.4. The highest BCUT2D eigenvalue weighted by molar-refractivity contribution is 5.90. The van der Waals surface area contributed by atoms with Crippen LogP contribution in [-0.4, -0.2) is 34.3 Å². The molecule has 0 atom stereocenters. The number of non-ortho nitro benzene ring substituents is 1. The van der Waals surface area contributed by atoms with E-state index in [1.54, 1.807) is 42.5 Å². The van der Waals surface area contributed by atoms with E-state index >= 15 is 0 Å². The second-order valence-electron chi connectivity index (χ2n) is 5.72. The van der Waals surface area contributed by atoms with Crippen molar-refractivity contribution in [2.75, 3.05) is 7.11 Å². The predicted molar refractivity (Wildman–Crippen MR) is 105 cm³/mol. The van der Waals surface area contributed by atoms with Gasteiger partial charge in [-0.15, -0.1) is 0 Å². The number of oxazole rings is 1. The zero-order valence-electron chi connectivity index (χ0n) is 15.2. The second kappa shape index (κ2) is 8.61. The quantitative estimate of drug-likeness (QED) is 0.290. The van der Waals surface area contributed by atoms with Crippen LogP contribution in [-0.2, 0) is 4.74 Å². The fourth-order valence-electron chi connectivity index (χ4n) is 2.34. The van der Waals surface area contributed by atoms with E-state index in [1.165, 1.54) is 31.5 Å². The molecule has 0 bridgehead atoms. The molecule has 0 aliphatic carbocycles. The van der Waals surface area contributed by atoms with Crippen molar-refractivity contribution in [1.82, 2.24) is 4.98 Å². The van der Waals surface area contributed by atoms with Crippen LogP contribution in [0.25, 0.3) is 12.2 Å². The third kappa shape index (κ3) is 4.92. The molecule has 0 unspecified atom stereocenters. The lowest BCUT2D eigenvalue weighted by Crippen LogP contribution is -1.99. The molecule has 3 rings (SSSR count). The van der Waals surface area contributed by atoms with Crippen LogP contribution in [0.5, 0.6) is 5.95 Å². The fourth-order valence-corrected chi connectivity index (χ4v) is 2.34. The molecule has 1 N–H and O–H groups in total. The van der Waals surface area contributed by atoms with E-state index in [0.717, 1.165) is 0 Å². The van der Waals surface area contributed by atoms with Crippen molar-refractivity contribution < 1.29 is 24.0 Å². The van der Waals surface area contributed by atoms with Crippen molar-refractivity contribution in [2.45, 2.75) is 0 Å². The Balaban J connectivity index is 1.73. The third-order valence-electron chi connectivity index (χ3n) is 3.77. The number of nitrogens with zero attached hydrogens (tertiary/aromatic N) is 3. The molecule has 9 heteroatoms. The summed E-state index contributed by atoms with van der Waals surface area (Å²) in [6.07, 6.45) is 4.36. The molecule has 0 amide bonds. The maximum atomic E-state index is 11.4. The molecule has 0 radical (unpaired) electrons. The van der Waals surface area contributed by atoms with E-state index in [0.29, 0.717) is 16.8 Å². The van der Waals surface area contributed by atoms with Crippen molar-refractivity contribution in [2.24, 2.45) is 4.99 Å². The van der Waals surface area contributed by atoms with Crippen LogP contribution in [0, 0.1) is 10.1 Å². The maximum Gasteiger partial charge on any atom is 0.337 e. The SMILES string of the molecule is COC(=O)c1ccc(N=Cc2nc(/C=C/c3cccc([N+](=O)[O-])c3)oc2O)cc1. The van der Waals surface area contributed by atoms with Crippen molar-refractivity contribution in [3.05, 3.63) is 81.4 Å². The van der Waals surface area contributed by atoms with Gasteiger partial charge in [-0.25, -0.2) is 9.78 Å². The number of carbonyl (C=O) groups excluding carboxylic acids is 1. The Bertz CT molecular complexity index is 1100. The summed E-state index contributed by atoms with van der Waals surface area (Å²) in [5, 5.41) is 20.7. The normalized spacial score (nSPS) is 11.2. The molecule has 29 heavy (non-hydrogen) atoms. The standard InChI is InChI=1S/C20H15N3O6/c1-28-19(24)14-6-8-15(9-7-14)21-12-17-20(25)29-18(22-17)10-5-13-3-2-4-16(11-13)23(26)27/h2-12,25H,1H3/b10-5+,21-12?. The minimum atomic E-state index is -0.486. The number of aromatic hydroxyl groups is 1. The molecule has 1 aromatic heterocycles. The lowest BCUT2D eigenvalue weighted by molar-refractivity contribution is -0.384. The molecular formula is C20H15N3O6. The summed E-state index contributed by atoms with van der Waals surface area (Å²) >= 11 is 0. The Hall–Kier alpha value is -4.27. The first kappa shape index (κ1) is 19.5. The number of benzene rings is 2. The number of aliphatic imine (C=N–C) groups is 1. The summed E-state index contributed by atoms with van der Waals surface area (Å²) in [6.45, 7) is 0. The van der Waals surface area contributed by atoms with Crippen LogP contribution in [0.3, 0.4) is 0 Å².